The third-order valence-corrected chi connectivity index (χ3v) is 6.73. The number of benzene rings is 1. The maximum atomic E-state index is 13.2. The lowest BCUT2D eigenvalue weighted by Gasteiger charge is -2.37. The van der Waals surface area contributed by atoms with Crippen LogP contribution in [-0.4, -0.2) is 60.6 Å². The molecule has 30 heavy (non-hydrogen) atoms. The standard InChI is InChI=1S/C22H30N4O4/c1-15-5-3-4-10-22(15)20(28)26(21(29)24-22)16(2)19(27)23-17-6-8-18(9-7-17)25-11-13-30-14-12-25/h6-9,15-16H,3-5,10-14H2,1-2H3,(H,23,27)(H,24,29)/t15-,16+,22+/m0/s1. The van der Waals surface area contributed by atoms with Crippen LogP contribution in [0.5, 0.6) is 0 Å². The lowest BCUT2D eigenvalue weighted by atomic mass is 9.73. The summed E-state index contributed by atoms with van der Waals surface area (Å²) < 4.78 is 5.37. The largest absolute Gasteiger partial charge is 0.378 e. The van der Waals surface area contributed by atoms with Gasteiger partial charge in [0.1, 0.15) is 11.6 Å². The fourth-order valence-corrected chi connectivity index (χ4v) is 4.76. The molecule has 1 saturated carbocycles. The van der Waals surface area contributed by atoms with Gasteiger partial charge in [0.15, 0.2) is 0 Å². The van der Waals surface area contributed by atoms with Crippen molar-refractivity contribution in [2.45, 2.75) is 51.1 Å². The van der Waals surface area contributed by atoms with Crippen molar-refractivity contribution >= 4 is 29.2 Å². The van der Waals surface area contributed by atoms with E-state index in [1.807, 2.05) is 31.2 Å². The number of carbonyl (C=O) groups excluding carboxylic acids is 3. The summed E-state index contributed by atoms with van der Waals surface area (Å²) in [5.41, 5.74) is 0.854. The summed E-state index contributed by atoms with van der Waals surface area (Å²) in [7, 11) is 0. The summed E-state index contributed by atoms with van der Waals surface area (Å²) in [6, 6.07) is 6.23. The van der Waals surface area contributed by atoms with Crippen LogP contribution in [0.1, 0.15) is 39.5 Å². The highest BCUT2D eigenvalue weighted by Gasteiger charge is 2.56. The zero-order chi connectivity index (χ0) is 21.3. The molecule has 8 nitrogen and oxygen atoms in total. The van der Waals surface area contributed by atoms with Gasteiger partial charge in [0, 0.05) is 24.5 Å². The number of urea groups is 1. The molecule has 0 aromatic heterocycles. The van der Waals surface area contributed by atoms with E-state index in [1.165, 1.54) is 0 Å². The number of nitrogens with one attached hydrogen (secondary N) is 2. The molecule has 2 heterocycles. The minimum Gasteiger partial charge on any atom is -0.378 e. The molecule has 4 amide bonds. The average Bonchev–Trinajstić information content (AvgIpc) is 3.01. The fourth-order valence-electron chi connectivity index (χ4n) is 4.76. The molecule has 4 rings (SSSR count). The second-order valence-corrected chi connectivity index (χ2v) is 8.54. The van der Waals surface area contributed by atoms with Crippen molar-refractivity contribution in [2.75, 3.05) is 36.5 Å². The molecule has 1 aliphatic carbocycles. The van der Waals surface area contributed by atoms with Crippen molar-refractivity contribution in [3.8, 4) is 0 Å². The van der Waals surface area contributed by atoms with Gasteiger partial charge in [0.2, 0.25) is 5.91 Å². The molecule has 8 heteroatoms. The Morgan fingerprint density at radius 2 is 1.90 bits per heavy atom. The van der Waals surface area contributed by atoms with E-state index in [0.29, 0.717) is 25.3 Å². The molecule has 2 aliphatic heterocycles. The first kappa shape index (κ1) is 20.7. The molecule has 0 radical (unpaired) electrons. The number of anilines is 2. The van der Waals surface area contributed by atoms with E-state index in [4.69, 9.17) is 4.74 Å². The maximum absolute atomic E-state index is 13.2. The minimum atomic E-state index is -0.884. The summed E-state index contributed by atoms with van der Waals surface area (Å²) in [6.45, 7) is 6.71. The van der Waals surface area contributed by atoms with Crippen molar-refractivity contribution in [1.82, 2.24) is 10.2 Å². The van der Waals surface area contributed by atoms with Crippen molar-refractivity contribution in [3.05, 3.63) is 24.3 Å². The van der Waals surface area contributed by atoms with Gasteiger partial charge >= 0.3 is 6.03 Å². The maximum Gasteiger partial charge on any atom is 0.325 e. The van der Waals surface area contributed by atoms with Gasteiger partial charge in [-0.05, 0) is 49.9 Å². The van der Waals surface area contributed by atoms with Crippen molar-refractivity contribution < 1.29 is 19.1 Å². The zero-order valence-electron chi connectivity index (χ0n) is 17.6. The molecular weight excluding hydrogens is 384 g/mol. The van der Waals surface area contributed by atoms with Crippen LogP contribution < -0.4 is 15.5 Å². The van der Waals surface area contributed by atoms with E-state index in [9.17, 15) is 14.4 Å². The number of rotatable bonds is 4. The number of morpholine rings is 1. The second-order valence-electron chi connectivity index (χ2n) is 8.54. The lowest BCUT2D eigenvalue weighted by Crippen LogP contribution is -2.54. The third kappa shape index (κ3) is 3.64. The highest BCUT2D eigenvalue weighted by atomic mass is 16.5. The predicted octanol–water partition coefficient (Wildman–Crippen LogP) is 2.35. The number of hydrogen-bond donors (Lipinski definition) is 2. The SMILES string of the molecule is C[C@H](C(=O)Nc1ccc(N2CCOCC2)cc1)N1C(=O)N[C@@]2(CCCC[C@@H]2C)C1=O. The van der Waals surface area contributed by atoms with Crippen LogP contribution in [0.25, 0.3) is 0 Å². The summed E-state index contributed by atoms with van der Waals surface area (Å²) in [4.78, 5) is 41.9. The highest BCUT2D eigenvalue weighted by molar-refractivity contribution is 6.11. The van der Waals surface area contributed by atoms with Gasteiger partial charge in [-0.2, -0.15) is 0 Å². The van der Waals surface area contributed by atoms with Gasteiger partial charge in [-0.3, -0.25) is 9.59 Å². The first-order valence-corrected chi connectivity index (χ1v) is 10.8. The summed E-state index contributed by atoms with van der Waals surface area (Å²) in [5.74, 6) is -0.584. The first-order valence-electron chi connectivity index (χ1n) is 10.8. The Labute approximate surface area is 176 Å². The van der Waals surface area contributed by atoms with Gasteiger partial charge in [-0.25, -0.2) is 9.69 Å². The van der Waals surface area contributed by atoms with E-state index in [-0.39, 0.29) is 17.7 Å². The smallest absolute Gasteiger partial charge is 0.325 e. The Morgan fingerprint density at radius 1 is 1.20 bits per heavy atom. The van der Waals surface area contributed by atoms with E-state index < -0.39 is 17.6 Å². The van der Waals surface area contributed by atoms with Crippen LogP contribution >= 0.6 is 0 Å². The van der Waals surface area contributed by atoms with Gasteiger partial charge in [0.25, 0.3) is 5.91 Å². The zero-order valence-corrected chi connectivity index (χ0v) is 17.6. The van der Waals surface area contributed by atoms with Gasteiger partial charge in [-0.15, -0.1) is 0 Å². The van der Waals surface area contributed by atoms with Crippen molar-refractivity contribution in [2.24, 2.45) is 5.92 Å². The topological polar surface area (TPSA) is 91.0 Å². The van der Waals surface area contributed by atoms with Crippen LogP contribution in [-0.2, 0) is 14.3 Å². The first-order chi connectivity index (χ1) is 14.4. The monoisotopic (exact) mass is 414 g/mol. The molecule has 0 unspecified atom stereocenters. The van der Waals surface area contributed by atoms with Crippen molar-refractivity contribution in [3.63, 3.8) is 0 Å². The number of imide groups is 1. The highest BCUT2D eigenvalue weighted by Crippen LogP contribution is 2.38. The Morgan fingerprint density at radius 3 is 2.57 bits per heavy atom. The number of nitrogens with zero attached hydrogens (tertiary/aromatic N) is 2. The quantitative estimate of drug-likeness (QED) is 0.738. The van der Waals surface area contributed by atoms with Gasteiger partial charge in [-0.1, -0.05) is 19.8 Å². The Bertz CT molecular complexity index is 821. The third-order valence-electron chi connectivity index (χ3n) is 6.73. The van der Waals surface area contributed by atoms with E-state index in [2.05, 4.69) is 15.5 Å². The number of ether oxygens (including phenoxy) is 1. The van der Waals surface area contributed by atoms with Crippen LogP contribution in [0.2, 0.25) is 0 Å². The van der Waals surface area contributed by atoms with E-state index in [1.54, 1.807) is 6.92 Å². The molecule has 3 aliphatic rings. The molecule has 1 aromatic rings. The fraction of sp³-hybridized carbons (Fsp3) is 0.591. The Balaban J connectivity index is 1.42. The van der Waals surface area contributed by atoms with Crippen LogP contribution in [0.3, 0.4) is 0 Å². The molecular formula is C22H30N4O4. The summed E-state index contributed by atoms with van der Waals surface area (Å²) in [5, 5.41) is 5.74. The molecule has 0 bridgehead atoms. The van der Waals surface area contributed by atoms with Crippen LogP contribution in [0, 0.1) is 5.92 Å². The van der Waals surface area contributed by atoms with Gasteiger partial charge in [0.05, 0.1) is 13.2 Å². The molecule has 2 saturated heterocycles. The van der Waals surface area contributed by atoms with Gasteiger partial charge < -0.3 is 20.3 Å². The Kier molecular flexibility index (Phi) is 5.69. The number of carbonyl (C=O) groups is 3. The van der Waals surface area contributed by atoms with Crippen LogP contribution in [0.4, 0.5) is 16.2 Å². The van der Waals surface area contributed by atoms with E-state index in [0.717, 1.165) is 42.9 Å². The number of hydrogen-bond acceptors (Lipinski definition) is 5. The lowest BCUT2D eigenvalue weighted by molar-refractivity contribution is -0.138. The van der Waals surface area contributed by atoms with Crippen LogP contribution in [0.15, 0.2) is 24.3 Å². The molecule has 3 atom stereocenters. The summed E-state index contributed by atoms with van der Waals surface area (Å²) in [6.07, 6.45) is 3.49. The Hall–Kier alpha value is -2.61. The molecule has 1 aromatic carbocycles. The molecule has 2 N–H and O–H groups in total. The summed E-state index contributed by atoms with van der Waals surface area (Å²) >= 11 is 0. The number of amides is 4. The molecule has 3 fully saturated rings. The van der Waals surface area contributed by atoms with Crippen molar-refractivity contribution in [1.29, 1.82) is 0 Å². The second kappa shape index (κ2) is 8.26. The normalized spacial score (nSPS) is 27.9. The molecule has 1 spiro atoms. The minimum absolute atomic E-state index is 0.0655. The molecule has 162 valence electrons. The predicted molar refractivity (Wildman–Crippen MR) is 113 cm³/mol. The van der Waals surface area contributed by atoms with E-state index >= 15 is 0 Å². The average molecular weight is 415 g/mol.